The van der Waals surface area contributed by atoms with E-state index in [0.29, 0.717) is 11.3 Å². The van der Waals surface area contributed by atoms with Crippen LogP contribution in [0.3, 0.4) is 0 Å². The van der Waals surface area contributed by atoms with E-state index < -0.39 is 15.9 Å². The number of anilines is 1. The molecule has 1 atom stereocenters. The van der Waals surface area contributed by atoms with Gasteiger partial charge < -0.3 is 10.6 Å². The first kappa shape index (κ1) is 20.8. The molecule has 0 aliphatic rings. The standard InChI is InChI=1S/C18H16Cl3N5O/c1-12-7-9-13(10-8-12)15(27)25-16(18(19,20)21)26-17(23-11-22)24-14-5-3-2-4-6-14/h2-10,16H,1H3,(H,25,27)(H2,23,24,26). The first-order valence-electron chi connectivity index (χ1n) is 7.79. The molecule has 2 aromatic carbocycles. The predicted octanol–water partition coefficient (Wildman–Crippen LogP) is 3.96. The van der Waals surface area contributed by atoms with Crippen LogP contribution in [-0.2, 0) is 0 Å². The molecule has 1 amide bonds. The van der Waals surface area contributed by atoms with E-state index in [1.807, 2.05) is 13.0 Å². The maximum absolute atomic E-state index is 12.4. The van der Waals surface area contributed by atoms with Crippen LogP contribution >= 0.6 is 34.8 Å². The second kappa shape index (κ2) is 9.47. The van der Waals surface area contributed by atoms with E-state index in [9.17, 15) is 4.79 Å². The maximum atomic E-state index is 12.4. The van der Waals surface area contributed by atoms with Crippen LogP contribution in [0.1, 0.15) is 15.9 Å². The van der Waals surface area contributed by atoms with Crippen LogP contribution in [0.2, 0.25) is 0 Å². The van der Waals surface area contributed by atoms with E-state index in [0.717, 1.165) is 5.56 Å². The highest BCUT2D eigenvalue weighted by Crippen LogP contribution is 2.31. The smallest absolute Gasteiger partial charge is 0.253 e. The van der Waals surface area contributed by atoms with Gasteiger partial charge in [0.05, 0.1) is 0 Å². The predicted molar refractivity (Wildman–Crippen MR) is 109 cm³/mol. The summed E-state index contributed by atoms with van der Waals surface area (Å²) in [5, 5.41) is 16.8. The second-order valence-corrected chi connectivity index (χ2v) is 7.86. The number of para-hydroxylation sites is 1. The van der Waals surface area contributed by atoms with Gasteiger partial charge in [0.15, 0.2) is 12.4 Å². The number of aliphatic imine (C=N–C) groups is 1. The number of aryl methyl sites for hydroxylation is 1. The summed E-state index contributed by atoms with van der Waals surface area (Å²) in [6, 6.07) is 15.9. The summed E-state index contributed by atoms with van der Waals surface area (Å²) < 4.78 is -1.94. The number of hydrogen-bond donors (Lipinski definition) is 3. The minimum atomic E-state index is -1.94. The van der Waals surface area contributed by atoms with Gasteiger partial charge in [-0.3, -0.25) is 10.1 Å². The number of amides is 1. The van der Waals surface area contributed by atoms with Crippen molar-refractivity contribution in [1.29, 1.82) is 5.26 Å². The molecule has 3 N–H and O–H groups in total. The van der Waals surface area contributed by atoms with Gasteiger partial charge in [0.25, 0.3) is 5.91 Å². The summed E-state index contributed by atoms with van der Waals surface area (Å²) >= 11 is 17.9. The third-order valence-electron chi connectivity index (χ3n) is 3.36. The van der Waals surface area contributed by atoms with Crippen LogP contribution in [0.4, 0.5) is 5.69 Å². The lowest BCUT2D eigenvalue weighted by molar-refractivity contribution is 0.0939. The lowest BCUT2D eigenvalue weighted by atomic mass is 10.1. The summed E-state index contributed by atoms with van der Waals surface area (Å²) in [7, 11) is 0. The van der Waals surface area contributed by atoms with Crippen molar-refractivity contribution in [1.82, 2.24) is 10.6 Å². The fourth-order valence-corrected chi connectivity index (χ4v) is 2.35. The zero-order valence-electron chi connectivity index (χ0n) is 14.2. The molecule has 0 aliphatic carbocycles. The Hall–Kier alpha value is -2.46. The molecular formula is C18H16Cl3N5O. The molecule has 0 saturated heterocycles. The fraction of sp³-hybridized carbons (Fsp3) is 0.167. The highest BCUT2D eigenvalue weighted by atomic mass is 35.6. The Balaban J connectivity index is 2.25. The quantitative estimate of drug-likeness (QED) is 0.228. The first-order valence-corrected chi connectivity index (χ1v) is 8.92. The third kappa shape index (κ3) is 6.65. The highest BCUT2D eigenvalue weighted by Gasteiger charge is 2.34. The van der Waals surface area contributed by atoms with E-state index in [4.69, 9.17) is 40.1 Å². The van der Waals surface area contributed by atoms with E-state index in [2.05, 4.69) is 20.9 Å². The van der Waals surface area contributed by atoms with Gasteiger partial charge in [-0.05, 0) is 31.2 Å². The molecule has 0 fully saturated rings. The monoisotopic (exact) mass is 423 g/mol. The molecule has 2 rings (SSSR count). The zero-order valence-corrected chi connectivity index (χ0v) is 16.5. The molecule has 0 spiro atoms. The second-order valence-electron chi connectivity index (χ2n) is 5.49. The summed E-state index contributed by atoms with van der Waals surface area (Å²) in [5.41, 5.74) is 2.06. The Bertz CT molecular complexity index is 842. The van der Waals surface area contributed by atoms with Gasteiger partial charge in [0.1, 0.15) is 0 Å². The van der Waals surface area contributed by atoms with E-state index in [1.54, 1.807) is 54.7 Å². The normalized spacial score (nSPS) is 12.6. The van der Waals surface area contributed by atoms with Gasteiger partial charge >= 0.3 is 0 Å². The number of guanidine groups is 1. The average molecular weight is 425 g/mol. The van der Waals surface area contributed by atoms with E-state index in [-0.39, 0.29) is 5.96 Å². The lowest BCUT2D eigenvalue weighted by Gasteiger charge is -2.23. The van der Waals surface area contributed by atoms with Crippen molar-refractivity contribution >= 4 is 52.4 Å². The molecule has 9 heteroatoms. The number of carbonyl (C=O) groups excluding carboxylic acids is 1. The van der Waals surface area contributed by atoms with Gasteiger partial charge in [-0.2, -0.15) is 5.26 Å². The van der Waals surface area contributed by atoms with Gasteiger partial charge in [-0.1, -0.05) is 70.7 Å². The first-order chi connectivity index (χ1) is 12.8. The SMILES string of the molecule is Cc1ccc(C(=O)NC(N=C(NC#N)Nc2ccccc2)C(Cl)(Cl)Cl)cc1. The maximum Gasteiger partial charge on any atom is 0.253 e. The number of nitrogens with one attached hydrogen (secondary N) is 3. The molecule has 0 saturated carbocycles. The van der Waals surface area contributed by atoms with E-state index in [1.165, 1.54) is 0 Å². The topological polar surface area (TPSA) is 89.3 Å². The van der Waals surface area contributed by atoms with Crippen LogP contribution in [0.15, 0.2) is 59.6 Å². The molecule has 6 nitrogen and oxygen atoms in total. The molecule has 27 heavy (non-hydrogen) atoms. The Morgan fingerprint density at radius 3 is 2.30 bits per heavy atom. The van der Waals surface area contributed by atoms with Gasteiger partial charge in [-0.15, -0.1) is 0 Å². The summed E-state index contributed by atoms with van der Waals surface area (Å²) in [5.74, 6) is -0.449. The molecule has 0 radical (unpaired) electrons. The van der Waals surface area contributed by atoms with Crippen LogP contribution in [0.25, 0.3) is 0 Å². The lowest BCUT2D eigenvalue weighted by Crippen LogP contribution is -2.44. The molecule has 1 unspecified atom stereocenters. The van der Waals surface area contributed by atoms with Crippen molar-refractivity contribution in [2.75, 3.05) is 5.32 Å². The van der Waals surface area contributed by atoms with Crippen LogP contribution < -0.4 is 16.0 Å². The number of hydrogen-bond acceptors (Lipinski definition) is 3. The third-order valence-corrected chi connectivity index (χ3v) is 3.98. The average Bonchev–Trinajstić information content (AvgIpc) is 2.62. The molecular weight excluding hydrogens is 409 g/mol. The van der Waals surface area contributed by atoms with Crippen LogP contribution in [0, 0.1) is 18.4 Å². The Morgan fingerprint density at radius 2 is 1.74 bits per heavy atom. The van der Waals surface area contributed by atoms with Crippen molar-refractivity contribution in [3.05, 3.63) is 65.7 Å². The molecule has 0 bridgehead atoms. The fourth-order valence-electron chi connectivity index (χ4n) is 2.04. The largest absolute Gasteiger partial charge is 0.327 e. The summed E-state index contributed by atoms with van der Waals surface area (Å²) in [6.07, 6.45) is 0.504. The van der Waals surface area contributed by atoms with Gasteiger partial charge in [-0.25, -0.2) is 4.99 Å². The number of carbonyl (C=O) groups is 1. The number of rotatable bonds is 4. The number of benzene rings is 2. The van der Waals surface area contributed by atoms with Gasteiger partial charge in [0.2, 0.25) is 9.75 Å². The number of alkyl halides is 3. The summed E-state index contributed by atoms with van der Waals surface area (Å²) in [6.45, 7) is 1.91. The molecule has 0 aliphatic heterocycles. The molecule has 0 aromatic heterocycles. The Kier molecular flexibility index (Phi) is 7.31. The molecule has 0 heterocycles. The minimum absolute atomic E-state index is 0.0178. The number of halogens is 3. The minimum Gasteiger partial charge on any atom is -0.327 e. The molecule has 140 valence electrons. The number of nitriles is 1. The van der Waals surface area contributed by atoms with Crippen molar-refractivity contribution < 1.29 is 4.79 Å². The van der Waals surface area contributed by atoms with Crippen molar-refractivity contribution in [3.8, 4) is 6.19 Å². The van der Waals surface area contributed by atoms with Crippen molar-refractivity contribution in [2.24, 2.45) is 4.99 Å². The van der Waals surface area contributed by atoms with E-state index >= 15 is 0 Å². The van der Waals surface area contributed by atoms with Crippen LogP contribution in [-0.4, -0.2) is 21.8 Å². The van der Waals surface area contributed by atoms with Gasteiger partial charge in [0, 0.05) is 11.3 Å². The Morgan fingerprint density at radius 1 is 1.11 bits per heavy atom. The summed E-state index contributed by atoms with van der Waals surface area (Å²) in [4.78, 5) is 16.6. The Labute approximate surface area is 172 Å². The van der Waals surface area contributed by atoms with Crippen molar-refractivity contribution in [3.63, 3.8) is 0 Å². The zero-order chi connectivity index (χ0) is 19.9. The van der Waals surface area contributed by atoms with Crippen molar-refractivity contribution in [2.45, 2.75) is 16.9 Å². The highest BCUT2D eigenvalue weighted by molar-refractivity contribution is 6.68. The molecule has 2 aromatic rings. The number of nitrogens with zero attached hydrogens (tertiary/aromatic N) is 2. The van der Waals surface area contributed by atoms with Crippen LogP contribution in [0.5, 0.6) is 0 Å².